The van der Waals surface area contributed by atoms with Crippen molar-refractivity contribution in [3.63, 3.8) is 0 Å². The lowest BCUT2D eigenvalue weighted by Gasteiger charge is -2.09. The molecule has 0 amide bonds. The first-order chi connectivity index (χ1) is 12.2. The molecular formula is C16H13Cl2F3N4O. The van der Waals surface area contributed by atoms with Crippen LogP contribution in [0.5, 0.6) is 0 Å². The number of nitrogens with zero attached hydrogens (tertiary/aromatic N) is 4. The van der Waals surface area contributed by atoms with Gasteiger partial charge < -0.3 is 4.42 Å². The normalized spacial score (nSPS) is 13.2. The molecule has 0 spiro atoms. The molecule has 5 nitrogen and oxygen atoms in total. The molecule has 0 radical (unpaired) electrons. The summed E-state index contributed by atoms with van der Waals surface area (Å²) in [4.78, 5) is 0. The van der Waals surface area contributed by atoms with Crippen LogP contribution in [-0.2, 0) is 12.6 Å². The van der Waals surface area contributed by atoms with E-state index in [9.17, 15) is 13.2 Å². The summed E-state index contributed by atoms with van der Waals surface area (Å²) in [5, 5.41) is 11.6. The van der Waals surface area contributed by atoms with Crippen molar-refractivity contribution in [1.82, 2.24) is 20.0 Å². The molecule has 0 fully saturated rings. The van der Waals surface area contributed by atoms with E-state index in [1.54, 1.807) is 25.1 Å². The molecule has 0 saturated carbocycles. The van der Waals surface area contributed by atoms with Crippen molar-refractivity contribution in [3.05, 3.63) is 63.0 Å². The van der Waals surface area contributed by atoms with Crippen LogP contribution in [0.1, 0.15) is 41.7 Å². The van der Waals surface area contributed by atoms with Gasteiger partial charge in [-0.3, -0.25) is 4.68 Å². The number of hydrogen-bond donors (Lipinski definition) is 0. The van der Waals surface area contributed by atoms with Crippen molar-refractivity contribution in [2.75, 3.05) is 0 Å². The summed E-state index contributed by atoms with van der Waals surface area (Å²) >= 11 is 11.7. The second-order valence-electron chi connectivity index (χ2n) is 5.71. The van der Waals surface area contributed by atoms with E-state index in [1.807, 2.05) is 6.07 Å². The molecule has 0 aliphatic rings. The van der Waals surface area contributed by atoms with Gasteiger partial charge in [-0.15, -0.1) is 10.2 Å². The van der Waals surface area contributed by atoms with Gasteiger partial charge in [0.1, 0.15) is 6.04 Å². The van der Waals surface area contributed by atoms with E-state index in [2.05, 4.69) is 15.3 Å². The first kappa shape index (κ1) is 18.7. The molecule has 0 N–H and O–H groups in total. The van der Waals surface area contributed by atoms with Crippen LogP contribution in [-0.4, -0.2) is 20.0 Å². The molecule has 0 saturated heterocycles. The predicted octanol–water partition coefficient (Wildman–Crippen LogP) is 5.10. The lowest BCUT2D eigenvalue weighted by molar-refractivity contribution is -0.141. The Kier molecular flexibility index (Phi) is 4.98. The first-order valence-corrected chi connectivity index (χ1v) is 8.31. The van der Waals surface area contributed by atoms with E-state index in [4.69, 9.17) is 27.6 Å². The highest BCUT2D eigenvalue weighted by Gasteiger charge is 2.39. The highest BCUT2D eigenvalue weighted by Crippen LogP contribution is 2.36. The average molecular weight is 405 g/mol. The Labute approximate surface area is 156 Å². The predicted molar refractivity (Wildman–Crippen MR) is 89.3 cm³/mol. The lowest BCUT2D eigenvalue weighted by Crippen LogP contribution is -2.13. The summed E-state index contributed by atoms with van der Waals surface area (Å²) in [7, 11) is 0. The third-order valence-electron chi connectivity index (χ3n) is 3.80. The SMILES string of the molecule is Cc1c(Cl)c(C(F)(F)F)nn1C(C)c1nnc(Cc2cccc(Cl)c2)o1. The fraction of sp³-hybridized carbons (Fsp3) is 0.312. The van der Waals surface area contributed by atoms with Crippen LogP contribution in [0, 0.1) is 6.92 Å². The summed E-state index contributed by atoms with van der Waals surface area (Å²) in [6.45, 7) is 3.05. The van der Waals surface area contributed by atoms with Gasteiger partial charge in [0, 0.05) is 5.02 Å². The fourth-order valence-electron chi connectivity index (χ4n) is 2.49. The molecule has 1 unspecified atom stereocenters. The topological polar surface area (TPSA) is 56.7 Å². The second kappa shape index (κ2) is 6.92. The van der Waals surface area contributed by atoms with Gasteiger partial charge in [-0.05, 0) is 31.5 Å². The third kappa shape index (κ3) is 3.71. The van der Waals surface area contributed by atoms with Gasteiger partial charge in [-0.25, -0.2) is 0 Å². The zero-order valence-corrected chi connectivity index (χ0v) is 15.2. The van der Waals surface area contributed by atoms with E-state index in [0.29, 0.717) is 17.3 Å². The molecule has 10 heteroatoms. The van der Waals surface area contributed by atoms with Crippen LogP contribution in [0.3, 0.4) is 0 Å². The van der Waals surface area contributed by atoms with E-state index >= 15 is 0 Å². The maximum absolute atomic E-state index is 13.0. The largest absolute Gasteiger partial charge is 0.436 e. The molecule has 2 aromatic heterocycles. The monoisotopic (exact) mass is 404 g/mol. The number of halogens is 5. The molecule has 0 aliphatic heterocycles. The van der Waals surface area contributed by atoms with Crippen molar-refractivity contribution in [2.45, 2.75) is 32.5 Å². The van der Waals surface area contributed by atoms with E-state index < -0.39 is 22.9 Å². The Bertz CT molecular complexity index is 936. The molecule has 0 bridgehead atoms. The molecule has 0 aliphatic carbocycles. The summed E-state index contributed by atoms with van der Waals surface area (Å²) in [5.74, 6) is 0.457. The van der Waals surface area contributed by atoms with Crippen LogP contribution in [0.15, 0.2) is 28.7 Å². The highest BCUT2D eigenvalue weighted by molar-refractivity contribution is 6.32. The number of hydrogen-bond acceptors (Lipinski definition) is 4. The fourth-order valence-corrected chi connectivity index (χ4v) is 2.93. The molecule has 3 rings (SSSR count). The maximum Gasteiger partial charge on any atom is 0.436 e. The standard InChI is InChI=1S/C16H13Cl2F3N4O/c1-8-13(18)14(16(19,20)21)24-25(8)9(2)15-23-22-12(26-15)7-10-4-3-5-11(17)6-10/h3-6,9H,7H2,1-2H3. The minimum atomic E-state index is -4.64. The minimum absolute atomic E-state index is 0.137. The van der Waals surface area contributed by atoms with Crippen molar-refractivity contribution >= 4 is 23.2 Å². The summed E-state index contributed by atoms with van der Waals surface area (Å²) in [6, 6.07) is 6.46. The number of aromatic nitrogens is 4. The second-order valence-corrected chi connectivity index (χ2v) is 6.52. The Morgan fingerprint density at radius 1 is 1.23 bits per heavy atom. The number of rotatable bonds is 4. The van der Waals surface area contributed by atoms with Crippen LogP contribution < -0.4 is 0 Å². The minimum Gasteiger partial charge on any atom is -0.423 e. The van der Waals surface area contributed by atoms with E-state index in [0.717, 1.165) is 10.2 Å². The third-order valence-corrected chi connectivity index (χ3v) is 4.48. The van der Waals surface area contributed by atoms with Crippen LogP contribution in [0.2, 0.25) is 10.0 Å². The summed E-state index contributed by atoms with van der Waals surface area (Å²) < 4.78 is 45.6. The van der Waals surface area contributed by atoms with Crippen molar-refractivity contribution in [1.29, 1.82) is 0 Å². The van der Waals surface area contributed by atoms with Crippen LogP contribution in [0.25, 0.3) is 0 Å². The molecule has 1 atom stereocenters. The summed E-state index contributed by atoms with van der Waals surface area (Å²) in [6.07, 6.45) is -4.29. The zero-order chi connectivity index (χ0) is 19.1. The molecule has 2 heterocycles. The van der Waals surface area contributed by atoms with Gasteiger partial charge in [-0.1, -0.05) is 35.3 Å². The molecule has 3 aromatic rings. The van der Waals surface area contributed by atoms with Gasteiger partial charge in [0.25, 0.3) is 0 Å². The van der Waals surface area contributed by atoms with Gasteiger partial charge in [0.2, 0.25) is 11.8 Å². The molecular weight excluding hydrogens is 392 g/mol. The van der Waals surface area contributed by atoms with Crippen LogP contribution >= 0.6 is 23.2 Å². The van der Waals surface area contributed by atoms with Gasteiger partial charge >= 0.3 is 6.18 Å². The van der Waals surface area contributed by atoms with Crippen molar-refractivity contribution in [3.8, 4) is 0 Å². The lowest BCUT2D eigenvalue weighted by atomic mass is 10.1. The zero-order valence-electron chi connectivity index (χ0n) is 13.7. The maximum atomic E-state index is 13.0. The Morgan fingerprint density at radius 2 is 1.96 bits per heavy atom. The van der Waals surface area contributed by atoms with Crippen LogP contribution in [0.4, 0.5) is 13.2 Å². The Balaban J connectivity index is 1.85. The van der Waals surface area contributed by atoms with E-state index in [1.165, 1.54) is 6.92 Å². The van der Waals surface area contributed by atoms with E-state index in [-0.39, 0.29) is 11.6 Å². The molecule has 26 heavy (non-hydrogen) atoms. The van der Waals surface area contributed by atoms with Gasteiger partial charge in [-0.2, -0.15) is 18.3 Å². The first-order valence-electron chi connectivity index (χ1n) is 7.55. The number of alkyl halides is 3. The molecule has 1 aromatic carbocycles. The van der Waals surface area contributed by atoms with Gasteiger partial charge in [0.15, 0.2) is 5.69 Å². The quantitative estimate of drug-likeness (QED) is 0.606. The van der Waals surface area contributed by atoms with Crippen molar-refractivity contribution in [2.24, 2.45) is 0 Å². The Hall–Kier alpha value is -2.06. The Morgan fingerprint density at radius 3 is 2.58 bits per heavy atom. The average Bonchev–Trinajstić information content (AvgIpc) is 3.12. The van der Waals surface area contributed by atoms with Gasteiger partial charge in [0.05, 0.1) is 17.1 Å². The smallest absolute Gasteiger partial charge is 0.423 e. The molecule has 138 valence electrons. The highest BCUT2D eigenvalue weighted by atomic mass is 35.5. The van der Waals surface area contributed by atoms with Crippen molar-refractivity contribution < 1.29 is 17.6 Å². The summed E-state index contributed by atoms with van der Waals surface area (Å²) in [5.41, 5.74) is -0.0960. The number of benzene rings is 1.